The summed E-state index contributed by atoms with van der Waals surface area (Å²) in [5.41, 5.74) is 0.618. The molecule has 15 heavy (non-hydrogen) atoms. The van der Waals surface area contributed by atoms with Crippen LogP contribution in [0.1, 0.15) is 0 Å². The van der Waals surface area contributed by atoms with Gasteiger partial charge in [0.05, 0.1) is 5.69 Å². The van der Waals surface area contributed by atoms with Gasteiger partial charge in [-0.05, 0) is 18.2 Å². The molecule has 0 saturated heterocycles. The third-order valence-electron chi connectivity index (χ3n) is 1.84. The number of nitrogens with zero attached hydrogens (tertiary/aromatic N) is 3. The first-order chi connectivity index (χ1) is 7.00. The molecule has 0 atom stereocenters. The highest BCUT2D eigenvalue weighted by Crippen LogP contribution is 2.13. The third-order valence-corrected chi connectivity index (χ3v) is 1.84. The molecule has 0 bridgehead atoms. The highest BCUT2D eigenvalue weighted by Gasteiger charge is 2.04. The maximum Gasteiger partial charge on any atom is 0.200 e. The van der Waals surface area contributed by atoms with Crippen LogP contribution in [0.4, 0.5) is 10.1 Å². The minimum atomic E-state index is -0.270. The number of rotatable bonds is 1. The van der Waals surface area contributed by atoms with Crippen LogP contribution in [-0.4, -0.2) is 44.0 Å². The topological polar surface area (TPSA) is 18.8 Å². The molecule has 0 amide bonds. The molecule has 0 radical (unpaired) electrons. The number of hydrogen-bond acceptors (Lipinski definition) is 1. The molecule has 3 nitrogen and oxygen atoms in total. The monoisotopic (exact) mass is 209 g/mol. The van der Waals surface area contributed by atoms with Gasteiger partial charge in [0, 0.05) is 28.2 Å². The Morgan fingerprint density at radius 1 is 1.13 bits per heavy atom. The van der Waals surface area contributed by atoms with E-state index in [0.717, 1.165) is 5.96 Å². The molecule has 82 valence electrons. The van der Waals surface area contributed by atoms with Gasteiger partial charge < -0.3 is 9.80 Å². The van der Waals surface area contributed by atoms with E-state index >= 15 is 0 Å². The number of halogens is 1. The minimum absolute atomic E-state index is 0.270. The van der Waals surface area contributed by atoms with Crippen molar-refractivity contribution < 1.29 is 4.39 Å². The van der Waals surface area contributed by atoms with Crippen molar-refractivity contribution in [2.24, 2.45) is 4.99 Å². The molecule has 0 N–H and O–H groups in total. The van der Waals surface area contributed by atoms with Crippen LogP contribution in [-0.2, 0) is 0 Å². The summed E-state index contributed by atoms with van der Waals surface area (Å²) in [6, 6.07) is 6.24. The Kier molecular flexibility index (Phi) is 3.66. The van der Waals surface area contributed by atoms with Gasteiger partial charge in [0.1, 0.15) is 5.82 Å². The molecule has 0 aliphatic rings. The van der Waals surface area contributed by atoms with Gasteiger partial charge in [-0.1, -0.05) is 6.07 Å². The molecule has 1 aromatic rings. The number of guanidine groups is 1. The summed E-state index contributed by atoms with van der Waals surface area (Å²) in [5, 5.41) is 0. The molecular weight excluding hydrogens is 193 g/mol. The summed E-state index contributed by atoms with van der Waals surface area (Å²) in [5.74, 6) is 0.508. The van der Waals surface area contributed by atoms with Crippen molar-refractivity contribution in [2.75, 3.05) is 28.2 Å². The highest BCUT2D eigenvalue weighted by molar-refractivity contribution is 5.81. The maximum absolute atomic E-state index is 12.9. The summed E-state index contributed by atoms with van der Waals surface area (Å²) in [6.07, 6.45) is 0. The summed E-state index contributed by atoms with van der Waals surface area (Å²) >= 11 is 0. The van der Waals surface area contributed by atoms with E-state index in [0.29, 0.717) is 5.69 Å². The number of aliphatic imine (C=N–C) groups is 1. The van der Waals surface area contributed by atoms with Crippen molar-refractivity contribution in [3.63, 3.8) is 0 Å². The van der Waals surface area contributed by atoms with Crippen molar-refractivity contribution in [1.82, 2.24) is 9.80 Å². The fourth-order valence-corrected chi connectivity index (χ4v) is 1.26. The lowest BCUT2D eigenvalue weighted by Gasteiger charge is -2.22. The van der Waals surface area contributed by atoms with Crippen molar-refractivity contribution >= 4 is 11.6 Å². The molecule has 4 heteroatoms. The Morgan fingerprint density at radius 2 is 1.73 bits per heavy atom. The SMILES string of the molecule is CN(C)C(=Nc1cccc(F)c1)N(C)C. The second-order valence-corrected chi connectivity index (χ2v) is 3.68. The number of hydrogen-bond donors (Lipinski definition) is 0. The lowest BCUT2D eigenvalue weighted by atomic mass is 10.3. The van der Waals surface area contributed by atoms with Gasteiger partial charge in [0.15, 0.2) is 0 Å². The van der Waals surface area contributed by atoms with Gasteiger partial charge in [-0.25, -0.2) is 9.38 Å². The van der Waals surface area contributed by atoms with E-state index in [4.69, 9.17) is 0 Å². The van der Waals surface area contributed by atoms with Gasteiger partial charge in [0.2, 0.25) is 5.96 Å². The second kappa shape index (κ2) is 4.77. The van der Waals surface area contributed by atoms with Crippen molar-refractivity contribution in [1.29, 1.82) is 0 Å². The van der Waals surface area contributed by atoms with Gasteiger partial charge >= 0.3 is 0 Å². The standard InChI is InChI=1S/C11H16FN3/c1-14(2)11(15(3)4)13-10-7-5-6-9(12)8-10/h5-8H,1-4H3. The normalized spacial score (nSPS) is 9.67. The van der Waals surface area contributed by atoms with E-state index in [9.17, 15) is 4.39 Å². The van der Waals surface area contributed by atoms with E-state index in [1.807, 2.05) is 38.0 Å². The van der Waals surface area contributed by atoms with Crippen LogP contribution in [0.2, 0.25) is 0 Å². The molecule has 0 saturated carbocycles. The molecule has 0 unspecified atom stereocenters. The first kappa shape index (κ1) is 11.5. The van der Waals surface area contributed by atoms with Crippen LogP contribution >= 0.6 is 0 Å². The first-order valence-corrected chi connectivity index (χ1v) is 4.69. The second-order valence-electron chi connectivity index (χ2n) is 3.68. The van der Waals surface area contributed by atoms with Crippen LogP contribution in [0.25, 0.3) is 0 Å². The fourth-order valence-electron chi connectivity index (χ4n) is 1.26. The Balaban J connectivity index is 3.02. The van der Waals surface area contributed by atoms with Crippen LogP contribution < -0.4 is 0 Å². The van der Waals surface area contributed by atoms with Crippen molar-refractivity contribution in [3.8, 4) is 0 Å². The van der Waals surface area contributed by atoms with Crippen molar-refractivity contribution in [3.05, 3.63) is 30.1 Å². The Morgan fingerprint density at radius 3 is 2.20 bits per heavy atom. The van der Waals surface area contributed by atoms with Crippen LogP contribution in [0.15, 0.2) is 29.3 Å². The summed E-state index contributed by atoms with van der Waals surface area (Å²) < 4.78 is 12.9. The fraction of sp³-hybridized carbons (Fsp3) is 0.364. The zero-order chi connectivity index (χ0) is 11.4. The zero-order valence-electron chi connectivity index (χ0n) is 9.53. The van der Waals surface area contributed by atoms with Gasteiger partial charge in [-0.15, -0.1) is 0 Å². The Bertz CT molecular complexity index is 349. The predicted molar refractivity (Wildman–Crippen MR) is 60.9 cm³/mol. The van der Waals surface area contributed by atoms with Gasteiger partial charge in [-0.3, -0.25) is 0 Å². The molecule has 1 aromatic carbocycles. The maximum atomic E-state index is 12.9. The van der Waals surface area contributed by atoms with Gasteiger partial charge in [-0.2, -0.15) is 0 Å². The number of benzene rings is 1. The van der Waals surface area contributed by atoms with Crippen molar-refractivity contribution in [2.45, 2.75) is 0 Å². The average molecular weight is 209 g/mol. The molecule has 0 spiro atoms. The average Bonchev–Trinajstić information content (AvgIpc) is 2.13. The zero-order valence-corrected chi connectivity index (χ0v) is 9.53. The van der Waals surface area contributed by atoms with E-state index in [2.05, 4.69) is 4.99 Å². The van der Waals surface area contributed by atoms with Crippen LogP contribution in [0.5, 0.6) is 0 Å². The molecule has 0 aliphatic carbocycles. The lowest BCUT2D eigenvalue weighted by Crippen LogP contribution is -2.35. The van der Waals surface area contributed by atoms with Gasteiger partial charge in [0.25, 0.3) is 0 Å². The third kappa shape index (κ3) is 3.23. The minimum Gasteiger partial charge on any atom is -0.349 e. The summed E-state index contributed by atoms with van der Waals surface area (Å²) in [4.78, 5) is 8.11. The Hall–Kier alpha value is -1.58. The quantitative estimate of drug-likeness (QED) is 0.520. The van der Waals surface area contributed by atoms with E-state index in [1.54, 1.807) is 12.1 Å². The smallest absolute Gasteiger partial charge is 0.200 e. The van der Waals surface area contributed by atoms with E-state index in [1.165, 1.54) is 12.1 Å². The van der Waals surface area contributed by atoms with Crippen LogP contribution in [0, 0.1) is 5.82 Å². The molecule has 0 aliphatic heterocycles. The highest BCUT2D eigenvalue weighted by atomic mass is 19.1. The molecular formula is C11H16FN3. The first-order valence-electron chi connectivity index (χ1n) is 4.69. The molecule has 0 fully saturated rings. The largest absolute Gasteiger partial charge is 0.349 e. The van der Waals surface area contributed by atoms with E-state index < -0.39 is 0 Å². The Labute approximate surface area is 89.8 Å². The summed E-state index contributed by atoms with van der Waals surface area (Å²) in [6.45, 7) is 0. The molecule has 0 aromatic heterocycles. The lowest BCUT2D eigenvalue weighted by molar-refractivity contribution is 0.484. The predicted octanol–water partition coefficient (Wildman–Crippen LogP) is 1.94. The van der Waals surface area contributed by atoms with Crippen LogP contribution in [0.3, 0.4) is 0 Å². The molecule has 1 rings (SSSR count). The van der Waals surface area contributed by atoms with E-state index in [-0.39, 0.29) is 5.82 Å². The summed E-state index contributed by atoms with van der Waals surface area (Å²) in [7, 11) is 7.60. The molecule has 0 heterocycles.